The van der Waals surface area contributed by atoms with E-state index >= 15 is 0 Å². The molecule has 0 rings (SSSR count). The van der Waals surface area contributed by atoms with E-state index in [1.807, 2.05) is 0 Å². The van der Waals surface area contributed by atoms with E-state index in [4.69, 9.17) is 45.0 Å². The van der Waals surface area contributed by atoms with Gasteiger partial charge in [-0.05, 0) is 18.5 Å². The van der Waals surface area contributed by atoms with Crippen molar-refractivity contribution < 1.29 is 87.1 Å². The quantitative estimate of drug-likeness (QED) is 0.235. The maximum absolute atomic E-state index is 8.33. The second kappa shape index (κ2) is 69.8. The summed E-state index contributed by atoms with van der Waals surface area (Å²) in [6, 6.07) is 0. The molecule has 0 aromatic heterocycles. The van der Waals surface area contributed by atoms with Crippen molar-refractivity contribution in [1.82, 2.24) is 24.6 Å². The molecule has 0 aromatic rings. The standard InChI is InChI=1S/3CH2O3.4H3N.2O.U/c3*2-1(3)4;;;;;;;/h3*(H2,2,3,4);4*1H3;;;/q;;;;;;;2*-2;/p-2. The van der Waals surface area contributed by atoms with Crippen molar-refractivity contribution in [3.05, 3.63) is 0 Å². The van der Waals surface area contributed by atoms with Gasteiger partial charge >= 0.3 is 0 Å². The van der Waals surface area contributed by atoms with E-state index in [1.165, 1.54) is 0 Å². The molecule has 0 fully saturated rings. The van der Waals surface area contributed by atoms with Gasteiger partial charge in [-0.25, -0.2) is 0 Å². The topological polar surface area (TPSA) is 393 Å². The Morgan fingerprint density at radius 1 is 0.474 bits per heavy atom. The van der Waals surface area contributed by atoms with Crippen molar-refractivity contribution in [3.8, 4) is 0 Å². The second-order valence-corrected chi connectivity index (χ2v) is 0.750. The second-order valence-electron chi connectivity index (χ2n) is 0.750. The number of carboxylic acid groups (broad SMARTS) is 6. The third kappa shape index (κ3) is 1870. The monoisotopic (exact) mass is 522 g/mol. The maximum Gasteiger partial charge on any atom is 0 e. The first-order valence-corrected chi connectivity index (χ1v) is 1.84. The molecule has 0 atom stereocenters. The predicted octanol–water partition coefficient (Wildman–Crippen LogP) is -6.07. The Bertz CT molecular complexity index is 127. The van der Waals surface area contributed by atoms with Crippen molar-refractivity contribution in [2.24, 2.45) is 0 Å². The predicted molar refractivity (Wildman–Crippen MR) is 41.5 cm³/mol. The fraction of sp³-hybridized carbons (Fsp3) is 0. The molecule has 16 N–H and O–H groups in total. The Morgan fingerprint density at radius 2 is 0.474 bits per heavy atom. The van der Waals surface area contributed by atoms with Gasteiger partial charge in [-0.3, -0.25) is 0 Å². The molecule has 0 aromatic carbocycles. The van der Waals surface area contributed by atoms with E-state index in [-0.39, 0.29) is 66.7 Å². The summed E-state index contributed by atoms with van der Waals surface area (Å²) in [6.45, 7) is 0. The molecule has 0 amide bonds. The van der Waals surface area contributed by atoms with Crippen molar-refractivity contribution in [2.75, 3.05) is 0 Å². The minimum atomic E-state index is -2.33. The molecule has 0 aliphatic heterocycles. The molecule has 0 radical (unpaired) electrons. The number of quaternary nitrogens is 4. The molecule has 0 spiro atoms. The largest absolute Gasteiger partial charge is 2.00 e. The first kappa shape index (κ1) is 83.8. The van der Waals surface area contributed by atoms with Crippen LogP contribution in [-0.2, 0) is 11.0 Å². The molecule has 19 heavy (non-hydrogen) atoms. The van der Waals surface area contributed by atoms with Crippen LogP contribution in [0.4, 0.5) is 14.4 Å². The molecule has 0 bridgehead atoms. The molecule has 16 heteroatoms. The molecular formula is C3H16N4O11U-6. The number of carbonyl (C=O) groups excluding carboxylic acids is 3. The molecule has 0 unspecified atom stereocenters. The molecule has 0 heterocycles. The van der Waals surface area contributed by atoms with Crippen LogP contribution in [0.2, 0.25) is 0 Å². The Kier molecular flexibility index (Phi) is 308. The van der Waals surface area contributed by atoms with E-state index in [1.54, 1.807) is 0 Å². The van der Waals surface area contributed by atoms with Gasteiger partial charge in [0.05, 0.1) is 0 Å². The normalized spacial score (nSPS) is 3.79. The molecule has 0 aliphatic carbocycles. The summed E-state index contributed by atoms with van der Waals surface area (Å²) in [7, 11) is 0. The van der Waals surface area contributed by atoms with Crippen molar-refractivity contribution in [1.29, 1.82) is 0 Å². The number of carbonyl (C=O) groups is 3. The van der Waals surface area contributed by atoms with Gasteiger partial charge in [0.15, 0.2) is 0 Å². The minimum absolute atomic E-state index is 0. The van der Waals surface area contributed by atoms with Crippen LogP contribution in [0.5, 0.6) is 0 Å². The summed E-state index contributed by atoms with van der Waals surface area (Å²) < 4.78 is 0. The van der Waals surface area contributed by atoms with Crippen LogP contribution in [0.3, 0.4) is 0 Å². The summed E-state index contributed by atoms with van der Waals surface area (Å²) >= 11 is 0. The Morgan fingerprint density at radius 3 is 0.474 bits per heavy atom. The van der Waals surface area contributed by atoms with E-state index in [0.717, 1.165) is 0 Å². The van der Waals surface area contributed by atoms with Crippen LogP contribution in [-0.4, -0.2) is 18.5 Å². The number of hydrogen-bond acceptors (Lipinski definition) is 9. The fourth-order valence-corrected chi connectivity index (χ4v) is 0. The van der Waals surface area contributed by atoms with Gasteiger partial charge in [-0.1, -0.05) is 0 Å². The first-order chi connectivity index (χ1) is 5.20. The molecule has 0 aliphatic rings. The van der Waals surface area contributed by atoms with Gasteiger partial charge in [0, 0.05) is 31.1 Å². The summed E-state index contributed by atoms with van der Waals surface area (Å²) in [5.41, 5.74) is 0. The summed E-state index contributed by atoms with van der Waals surface area (Å²) in [6.07, 6.45) is -7.00. The fourth-order valence-electron chi connectivity index (χ4n) is 0. The smallest absolute Gasteiger partial charge is 0 e. The molecule has 15 nitrogen and oxygen atoms in total. The zero-order chi connectivity index (χ0) is 10.7. The third-order valence-electron chi connectivity index (χ3n) is 0. The van der Waals surface area contributed by atoms with Gasteiger partial charge in [0.1, 0.15) is 0 Å². The number of hydrogen-bond donors (Lipinski definition) is 4. The zero-order valence-corrected chi connectivity index (χ0v) is 14.7. The molecule has 0 saturated carbocycles. The Labute approximate surface area is 130 Å². The van der Waals surface area contributed by atoms with Crippen LogP contribution in [0, 0.1) is 31.1 Å². The molecule has 124 valence electrons. The van der Waals surface area contributed by atoms with Crippen molar-refractivity contribution >= 4 is 18.5 Å². The van der Waals surface area contributed by atoms with Crippen molar-refractivity contribution in [3.63, 3.8) is 0 Å². The number of rotatable bonds is 0. The van der Waals surface area contributed by atoms with Crippen LogP contribution >= 0.6 is 0 Å². The molecular weight excluding hydrogens is 506 g/mol. The van der Waals surface area contributed by atoms with Crippen LogP contribution in [0.1, 0.15) is 0 Å². The van der Waals surface area contributed by atoms with Crippen LogP contribution in [0.15, 0.2) is 0 Å². The Balaban J connectivity index is -0.00000000675. The summed E-state index contributed by atoms with van der Waals surface area (Å²) in [5.74, 6) is 0. The van der Waals surface area contributed by atoms with Gasteiger partial charge in [0.2, 0.25) is 0 Å². The van der Waals surface area contributed by atoms with Crippen molar-refractivity contribution in [2.45, 2.75) is 0 Å². The first-order valence-electron chi connectivity index (χ1n) is 1.84. The van der Waals surface area contributed by atoms with Gasteiger partial charge in [0.25, 0.3) is 0 Å². The van der Waals surface area contributed by atoms with Gasteiger partial charge in [-0.2, -0.15) is 0 Å². The van der Waals surface area contributed by atoms with E-state index in [9.17, 15) is 0 Å². The maximum atomic E-state index is 8.33. The Hall–Kier alpha value is -1.38. The van der Waals surface area contributed by atoms with Crippen LogP contribution in [0.25, 0.3) is 0 Å². The van der Waals surface area contributed by atoms with Gasteiger partial charge < -0.3 is 80.6 Å². The van der Waals surface area contributed by atoms with Gasteiger partial charge in [-0.15, -0.1) is 0 Å². The average molecular weight is 522 g/mol. The third-order valence-corrected chi connectivity index (χ3v) is 0. The van der Waals surface area contributed by atoms with Crippen LogP contribution < -0.4 is 55.2 Å². The summed E-state index contributed by atoms with van der Waals surface area (Å²) in [5, 5.41) is 50.0. The molecule has 0 saturated heterocycles. The average Bonchev–Trinajstić information content (AvgIpc) is 1.54. The summed E-state index contributed by atoms with van der Waals surface area (Å²) in [4.78, 5) is 25.0. The zero-order valence-electron chi connectivity index (χ0n) is 10.5. The SMILES string of the molecule is O=C([O-])[O-].O=C([O-])[O-].O=C([O-])[O-].[NH4+].[NH4+].[NH4+].[NH4+].[O-2].[O-2].[U]. The minimum Gasteiger partial charge on any atom is -2.00 e. The van der Waals surface area contributed by atoms with E-state index < -0.39 is 18.5 Å². The van der Waals surface area contributed by atoms with E-state index in [0.29, 0.717) is 0 Å². The van der Waals surface area contributed by atoms with E-state index in [2.05, 4.69) is 0 Å².